The molecular formula is C15H17NO. The van der Waals surface area contributed by atoms with Gasteiger partial charge in [0.25, 0.3) is 5.56 Å². The minimum Gasteiger partial charge on any atom is -0.304 e. The van der Waals surface area contributed by atoms with E-state index in [-0.39, 0.29) is 5.56 Å². The lowest BCUT2D eigenvalue weighted by atomic mass is 10.0. The molecule has 0 saturated heterocycles. The van der Waals surface area contributed by atoms with Crippen molar-refractivity contribution < 1.29 is 0 Å². The van der Waals surface area contributed by atoms with Crippen molar-refractivity contribution >= 4 is 10.9 Å². The van der Waals surface area contributed by atoms with E-state index in [2.05, 4.69) is 12.6 Å². The Morgan fingerprint density at radius 2 is 2.06 bits per heavy atom. The zero-order valence-corrected chi connectivity index (χ0v) is 10.4. The van der Waals surface area contributed by atoms with Crippen LogP contribution in [0.4, 0.5) is 0 Å². The predicted octanol–water partition coefficient (Wildman–Crippen LogP) is 3.06. The lowest BCUT2D eigenvalue weighted by Crippen LogP contribution is -2.24. The third-order valence-electron chi connectivity index (χ3n) is 3.22. The highest BCUT2D eigenvalue weighted by molar-refractivity contribution is 5.83. The summed E-state index contributed by atoms with van der Waals surface area (Å²) in [4.78, 5) is 12.3. The quantitative estimate of drug-likeness (QED) is 0.739. The molecular weight excluding hydrogens is 210 g/mol. The first kappa shape index (κ1) is 11.6. The fraction of sp³-hybridized carbons (Fsp3) is 0.267. The van der Waals surface area contributed by atoms with Crippen molar-refractivity contribution in [2.45, 2.75) is 26.8 Å². The monoisotopic (exact) mass is 227 g/mol. The molecule has 0 aliphatic carbocycles. The Kier molecular flexibility index (Phi) is 3.14. The van der Waals surface area contributed by atoms with E-state index in [4.69, 9.17) is 0 Å². The Morgan fingerprint density at radius 1 is 1.35 bits per heavy atom. The predicted molar refractivity (Wildman–Crippen MR) is 72.5 cm³/mol. The SMILES string of the molecule is C=CCn1c(=O)c(CC)c(C)c2ccccc21. The molecule has 0 unspecified atom stereocenters. The van der Waals surface area contributed by atoms with Crippen LogP contribution in [0.1, 0.15) is 18.1 Å². The number of aromatic nitrogens is 1. The maximum atomic E-state index is 12.3. The zero-order chi connectivity index (χ0) is 12.4. The van der Waals surface area contributed by atoms with E-state index >= 15 is 0 Å². The van der Waals surface area contributed by atoms with Gasteiger partial charge in [-0.1, -0.05) is 31.2 Å². The highest BCUT2D eigenvalue weighted by atomic mass is 16.1. The Morgan fingerprint density at radius 3 is 2.71 bits per heavy atom. The summed E-state index contributed by atoms with van der Waals surface area (Å²) < 4.78 is 1.80. The van der Waals surface area contributed by atoms with Crippen molar-refractivity contribution in [3.05, 3.63) is 58.4 Å². The number of fused-ring (bicyclic) bond motifs is 1. The third kappa shape index (κ3) is 1.80. The van der Waals surface area contributed by atoms with E-state index in [1.54, 1.807) is 10.6 Å². The Labute approximate surface area is 101 Å². The van der Waals surface area contributed by atoms with Gasteiger partial charge in [-0.25, -0.2) is 0 Å². The van der Waals surface area contributed by atoms with Gasteiger partial charge in [-0.15, -0.1) is 6.58 Å². The van der Waals surface area contributed by atoms with Crippen LogP contribution in [0.2, 0.25) is 0 Å². The topological polar surface area (TPSA) is 22.0 Å². The first-order valence-corrected chi connectivity index (χ1v) is 5.92. The number of hydrogen-bond acceptors (Lipinski definition) is 1. The second kappa shape index (κ2) is 4.58. The van der Waals surface area contributed by atoms with Crippen LogP contribution in [-0.2, 0) is 13.0 Å². The van der Waals surface area contributed by atoms with Crippen molar-refractivity contribution in [2.75, 3.05) is 0 Å². The number of rotatable bonds is 3. The van der Waals surface area contributed by atoms with Gasteiger partial charge in [-0.2, -0.15) is 0 Å². The van der Waals surface area contributed by atoms with Crippen LogP contribution >= 0.6 is 0 Å². The number of hydrogen-bond donors (Lipinski definition) is 0. The molecule has 0 saturated carbocycles. The summed E-state index contributed by atoms with van der Waals surface area (Å²) in [6.45, 7) is 8.34. The molecule has 2 rings (SSSR count). The summed E-state index contributed by atoms with van der Waals surface area (Å²) >= 11 is 0. The average molecular weight is 227 g/mol. The summed E-state index contributed by atoms with van der Waals surface area (Å²) in [6, 6.07) is 8.04. The fourth-order valence-corrected chi connectivity index (χ4v) is 2.35. The molecule has 2 nitrogen and oxygen atoms in total. The highest BCUT2D eigenvalue weighted by Gasteiger charge is 2.11. The van der Waals surface area contributed by atoms with Gasteiger partial charge in [-0.05, 0) is 25.0 Å². The second-order valence-electron chi connectivity index (χ2n) is 4.18. The van der Waals surface area contributed by atoms with Gasteiger partial charge in [0.1, 0.15) is 0 Å². The molecule has 0 N–H and O–H groups in total. The van der Waals surface area contributed by atoms with Crippen molar-refractivity contribution in [1.82, 2.24) is 4.57 Å². The molecule has 88 valence electrons. The zero-order valence-electron chi connectivity index (χ0n) is 10.4. The standard InChI is InChI=1S/C15H17NO/c1-4-10-16-14-9-7-6-8-13(14)11(3)12(5-2)15(16)17/h4,6-9H,1,5,10H2,2-3H3. The molecule has 2 heteroatoms. The van der Waals surface area contributed by atoms with Gasteiger partial charge >= 0.3 is 0 Å². The normalized spacial score (nSPS) is 10.7. The molecule has 0 aliphatic heterocycles. The van der Waals surface area contributed by atoms with E-state index in [0.29, 0.717) is 6.54 Å². The minimum absolute atomic E-state index is 0.114. The molecule has 0 amide bonds. The van der Waals surface area contributed by atoms with Crippen LogP contribution < -0.4 is 5.56 Å². The summed E-state index contributed by atoms with van der Waals surface area (Å²) in [5.74, 6) is 0. The van der Waals surface area contributed by atoms with Crippen molar-refractivity contribution in [2.24, 2.45) is 0 Å². The van der Waals surface area contributed by atoms with Gasteiger partial charge in [0.15, 0.2) is 0 Å². The Bertz CT molecular complexity index is 623. The Hall–Kier alpha value is -1.83. The van der Waals surface area contributed by atoms with Crippen LogP contribution in [-0.4, -0.2) is 4.57 Å². The largest absolute Gasteiger partial charge is 0.304 e. The Balaban J connectivity index is 2.95. The fourth-order valence-electron chi connectivity index (χ4n) is 2.35. The molecule has 2 aromatic rings. The van der Waals surface area contributed by atoms with Gasteiger partial charge in [0.2, 0.25) is 0 Å². The van der Waals surface area contributed by atoms with E-state index < -0.39 is 0 Å². The van der Waals surface area contributed by atoms with E-state index in [1.807, 2.05) is 32.0 Å². The molecule has 1 aromatic carbocycles. The lowest BCUT2D eigenvalue weighted by molar-refractivity contribution is 0.797. The van der Waals surface area contributed by atoms with Crippen LogP contribution in [0.3, 0.4) is 0 Å². The number of aryl methyl sites for hydroxylation is 1. The van der Waals surface area contributed by atoms with Crippen molar-refractivity contribution in [3.63, 3.8) is 0 Å². The number of allylic oxidation sites excluding steroid dienone is 1. The molecule has 17 heavy (non-hydrogen) atoms. The maximum Gasteiger partial charge on any atom is 0.254 e. The van der Waals surface area contributed by atoms with Crippen molar-refractivity contribution in [3.8, 4) is 0 Å². The van der Waals surface area contributed by atoms with Crippen LogP contribution in [0.25, 0.3) is 10.9 Å². The number of nitrogens with zero attached hydrogens (tertiary/aromatic N) is 1. The number of pyridine rings is 1. The van der Waals surface area contributed by atoms with E-state index in [0.717, 1.165) is 28.5 Å². The highest BCUT2D eigenvalue weighted by Crippen LogP contribution is 2.19. The second-order valence-corrected chi connectivity index (χ2v) is 4.18. The molecule has 0 radical (unpaired) electrons. The number of para-hydroxylation sites is 1. The molecule has 0 spiro atoms. The van der Waals surface area contributed by atoms with Gasteiger partial charge in [-0.3, -0.25) is 4.79 Å². The molecule has 1 aromatic heterocycles. The number of benzene rings is 1. The van der Waals surface area contributed by atoms with Gasteiger partial charge in [0, 0.05) is 17.5 Å². The summed E-state index contributed by atoms with van der Waals surface area (Å²) in [7, 11) is 0. The van der Waals surface area contributed by atoms with E-state index in [1.165, 1.54) is 0 Å². The van der Waals surface area contributed by atoms with Crippen molar-refractivity contribution in [1.29, 1.82) is 0 Å². The minimum atomic E-state index is 0.114. The molecule has 0 fully saturated rings. The third-order valence-corrected chi connectivity index (χ3v) is 3.22. The summed E-state index contributed by atoms with van der Waals surface area (Å²) in [5, 5.41) is 1.16. The first-order valence-electron chi connectivity index (χ1n) is 5.92. The molecule has 0 atom stereocenters. The van der Waals surface area contributed by atoms with Crippen LogP contribution in [0.15, 0.2) is 41.7 Å². The van der Waals surface area contributed by atoms with Crippen LogP contribution in [0, 0.1) is 6.92 Å². The van der Waals surface area contributed by atoms with E-state index in [9.17, 15) is 4.79 Å². The maximum absolute atomic E-state index is 12.3. The molecule has 1 heterocycles. The smallest absolute Gasteiger partial charge is 0.254 e. The van der Waals surface area contributed by atoms with Crippen LogP contribution in [0.5, 0.6) is 0 Å². The molecule has 0 bridgehead atoms. The van der Waals surface area contributed by atoms with Gasteiger partial charge in [0.05, 0.1) is 5.52 Å². The average Bonchev–Trinajstić information content (AvgIpc) is 2.35. The molecule has 0 aliphatic rings. The lowest BCUT2D eigenvalue weighted by Gasteiger charge is -2.13. The first-order chi connectivity index (χ1) is 8.20. The van der Waals surface area contributed by atoms with Gasteiger partial charge < -0.3 is 4.57 Å². The summed E-state index contributed by atoms with van der Waals surface area (Å²) in [6.07, 6.45) is 2.54. The summed E-state index contributed by atoms with van der Waals surface area (Å²) in [5.41, 5.74) is 3.12.